The topological polar surface area (TPSA) is 80.4 Å². The van der Waals surface area contributed by atoms with Crippen molar-refractivity contribution < 1.29 is 19.0 Å². The van der Waals surface area contributed by atoms with E-state index in [0.717, 1.165) is 34.3 Å². The fourth-order valence-electron chi connectivity index (χ4n) is 4.17. The summed E-state index contributed by atoms with van der Waals surface area (Å²) in [7, 11) is 1.63. The molecule has 5 rings (SSSR count). The molecule has 180 valence electrons. The summed E-state index contributed by atoms with van der Waals surface area (Å²) in [5.41, 5.74) is 3.55. The van der Waals surface area contributed by atoms with Crippen molar-refractivity contribution in [3.8, 4) is 22.9 Å². The Labute approximate surface area is 207 Å². The predicted octanol–water partition coefficient (Wildman–Crippen LogP) is 4.51. The van der Waals surface area contributed by atoms with E-state index in [2.05, 4.69) is 14.8 Å². The maximum absolute atomic E-state index is 13.1. The fourth-order valence-corrected chi connectivity index (χ4v) is 4.98. The highest BCUT2D eigenvalue weighted by atomic mass is 32.2. The van der Waals surface area contributed by atoms with E-state index in [-0.39, 0.29) is 17.6 Å². The standard InChI is InChI=1S/C26H26N4O4S/c1-17-12-22(18(2)29(17)13-21-14-33-24-6-4-5-7-25(24)34-21)23(31)15-35-26-28-27-16-30(26)19-8-10-20(32-3)11-9-19/h4-12,16,21H,13-15H2,1-3H3/t21-/m0/s1. The first-order valence-corrected chi connectivity index (χ1v) is 12.3. The number of carbonyl (C=O) groups excluding carboxylic acids is 1. The van der Waals surface area contributed by atoms with Crippen molar-refractivity contribution in [2.24, 2.45) is 0 Å². The van der Waals surface area contributed by atoms with E-state index in [1.165, 1.54) is 11.8 Å². The number of rotatable bonds is 8. The number of methoxy groups -OCH3 is 1. The lowest BCUT2D eigenvalue weighted by molar-refractivity contribution is 0.0777. The SMILES string of the molecule is COc1ccc(-n2cnnc2SCC(=O)c2cc(C)n(C[C@H]3COc4ccccc4O3)c2C)cc1. The minimum Gasteiger partial charge on any atom is -0.497 e. The molecule has 0 saturated heterocycles. The van der Waals surface area contributed by atoms with E-state index in [1.807, 2.05) is 73.0 Å². The van der Waals surface area contributed by atoms with Gasteiger partial charge >= 0.3 is 0 Å². The maximum Gasteiger partial charge on any atom is 0.196 e. The number of carbonyl (C=O) groups is 1. The molecule has 0 unspecified atom stereocenters. The molecule has 0 radical (unpaired) electrons. The molecule has 0 fully saturated rings. The quantitative estimate of drug-likeness (QED) is 0.266. The van der Waals surface area contributed by atoms with Crippen LogP contribution in [0.1, 0.15) is 21.7 Å². The van der Waals surface area contributed by atoms with Gasteiger partial charge in [0.15, 0.2) is 28.5 Å². The van der Waals surface area contributed by atoms with Gasteiger partial charge in [0.1, 0.15) is 18.7 Å². The molecule has 8 nitrogen and oxygen atoms in total. The molecule has 2 aromatic heterocycles. The average Bonchev–Trinajstić information content (AvgIpc) is 3.47. The first-order chi connectivity index (χ1) is 17.0. The molecule has 4 aromatic rings. The number of Topliss-reactive ketones (excluding diaryl/α,β-unsaturated/α-hetero) is 1. The largest absolute Gasteiger partial charge is 0.497 e. The third-order valence-corrected chi connectivity index (χ3v) is 6.97. The van der Waals surface area contributed by atoms with E-state index in [4.69, 9.17) is 14.2 Å². The Bertz CT molecular complexity index is 1350. The van der Waals surface area contributed by atoms with E-state index in [9.17, 15) is 4.79 Å². The number of para-hydroxylation sites is 2. The van der Waals surface area contributed by atoms with Gasteiger partial charge in [-0.2, -0.15) is 0 Å². The molecule has 0 aliphatic carbocycles. The Balaban J connectivity index is 1.26. The van der Waals surface area contributed by atoms with Crippen molar-refractivity contribution in [3.63, 3.8) is 0 Å². The van der Waals surface area contributed by atoms with Gasteiger partial charge in [0.2, 0.25) is 0 Å². The smallest absolute Gasteiger partial charge is 0.196 e. The zero-order chi connectivity index (χ0) is 24.4. The first-order valence-electron chi connectivity index (χ1n) is 11.3. The molecular formula is C26H26N4O4S. The molecule has 1 atom stereocenters. The Morgan fingerprint density at radius 2 is 1.91 bits per heavy atom. The zero-order valence-electron chi connectivity index (χ0n) is 19.8. The second kappa shape index (κ2) is 9.87. The second-order valence-electron chi connectivity index (χ2n) is 8.29. The number of aryl methyl sites for hydroxylation is 1. The third-order valence-electron chi connectivity index (χ3n) is 6.03. The van der Waals surface area contributed by atoms with Gasteiger partial charge in [-0.3, -0.25) is 9.36 Å². The van der Waals surface area contributed by atoms with Crippen LogP contribution in [0, 0.1) is 13.8 Å². The Hall–Kier alpha value is -3.72. The summed E-state index contributed by atoms with van der Waals surface area (Å²) in [5.74, 6) is 2.59. The van der Waals surface area contributed by atoms with E-state index in [1.54, 1.807) is 13.4 Å². The van der Waals surface area contributed by atoms with Crippen molar-refractivity contribution in [1.82, 2.24) is 19.3 Å². The van der Waals surface area contributed by atoms with Crippen LogP contribution in [-0.2, 0) is 6.54 Å². The highest BCUT2D eigenvalue weighted by Gasteiger charge is 2.24. The Morgan fingerprint density at radius 3 is 2.69 bits per heavy atom. The van der Waals surface area contributed by atoms with Gasteiger partial charge in [0, 0.05) is 22.6 Å². The van der Waals surface area contributed by atoms with Gasteiger partial charge in [-0.15, -0.1) is 10.2 Å². The van der Waals surface area contributed by atoms with Gasteiger partial charge in [-0.25, -0.2) is 0 Å². The molecule has 0 bridgehead atoms. The molecule has 1 aliphatic rings. The minimum absolute atomic E-state index is 0.0461. The van der Waals surface area contributed by atoms with E-state index in [0.29, 0.717) is 23.9 Å². The summed E-state index contributed by atoms with van der Waals surface area (Å²) in [6, 6.07) is 17.2. The molecule has 0 saturated carbocycles. The van der Waals surface area contributed by atoms with Gasteiger partial charge in [-0.05, 0) is 56.3 Å². The van der Waals surface area contributed by atoms with Crippen LogP contribution in [0.15, 0.2) is 66.1 Å². The molecule has 1 aliphatic heterocycles. The van der Waals surface area contributed by atoms with Gasteiger partial charge in [0.25, 0.3) is 0 Å². The highest BCUT2D eigenvalue weighted by molar-refractivity contribution is 7.99. The van der Waals surface area contributed by atoms with Crippen LogP contribution in [0.5, 0.6) is 17.2 Å². The number of ketones is 1. The third kappa shape index (κ3) is 4.77. The summed E-state index contributed by atoms with van der Waals surface area (Å²) in [4.78, 5) is 13.1. The van der Waals surface area contributed by atoms with Crippen LogP contribution < -0.4 is 14.2 Å². The lowest BCUT2D eigenvalue weighted by Crippen LogP contribution is -2.33. The van der Waals surface area contributed by atoms with E-state index < -0.39 is 0 Å². The molecule has 35 heavy (non-hydrogen) atoms. The van der Waals surface area contributed by atoms with Crippen LogP contribution >= 0.6 is 11.8 Å². The van der Waals surface area contributed by atoms with Crippen LogP contribution in [0.25, 0.3) is 5.69 Å². The summed E-state index contributed by atoms with van der Waals surface area (Å²) in [6.07, 6.45) is 1.51. The van der Waals surface area contributed by atoms with Crippen LogP contribution in [0.3, 0.4) is 0 Å². The van der Waals surface area contributed by atoms with Gasteiger partial charge < -0.3 is 18.8 Å². The number of thioether (sulfide) groups is 1. The molecular weight excluding hydrogens is 464 g/mol. The number of ether oxygens (including phenoxy) is 3. The van der Waals surface area contributed by atoms with Crippen LogP contribution in [-0.4, -0.2) is 50.7 Å². The molecule has 0 spiro atoms. The summed E-state index contributed by atoms with van der Waals surface area (Å²) < 4.78 is 21.2. The van der Waals surface area contributed by atoms with Crippen molar-refractivity contribution in [1.29, 1.82) is 0 Å². The van der Waals surface area contributed by atoms with Crippen molar-refractivity contribution >= 4 is 17.5 Å². The van der Waals surface area contributed by atoms with Crippen LogP contribution in [0.2, 0.25) is 0 Å². The Morgan fingerprint density at radius 1 is 1.14 bits per heavy atom. The van der Waals surface area contributed by atoms with E-state index >= 15 is 0 Å². The van der Waals surface area contributed by atoms with Crippen molar-refractivity contribution in [3.05, 3.63) is 77.9 Å². The predicted molar refractivity (Wildman–Crippen MR) is 133 cm³/mol. The number of aromatic nitrogens is 4. The summed E-state index contributed by atoms with van der Waals surface area (Å²) in [6.45, 7) is 5.06. The van der Waals surface area contributed by atoms with Gasteiger partial charge in [0.05, 0.1) is 19.4 Å². The van der Waals surface area contributed by atoms with Crippen molar-refractivity contribution in [2.45, 2.75) is 31.7 Å². The lowest BCUT2D eigenvalue weighted by atomic mass is 10.2. The summed E-state index contributed by atoms with van der Waals surface area (Å²) in [5, 5.41) is 8.88. The second-order valence-corrected chi connectivity index (χ2v) is 9.23. The molecule has 9 heteroatoms. The average molecular weight is 491 g/mol. The lowest BCUT2D eigenvalue weighted by Gasteiger charge is -2.27. The molecule has 3 heterocycles. The first kappa shape index (κ1) is 23.0. The van der Waals surface area contributed by atoms with Gasteiger partial charge in [-0.1, -0.05) is 23.9 Å². The highest BCUT2D eigenvalue weighted by Crippen LogP contribution is 2.32. The number of benzene rings is 2. The maximum atomic E-state index is 13.1. The summed E-state index contributed by atoms with van der Waals surface area (Å²) >= 11 is 1.37. The van der Waals surface area contributed by atoms with Crippen molar-refractivity contribution in [2.75, 3.05) is 19.5 Å². The molecule has 0 N–H and O–H groups in total. The number of nitrogens with zero attached hydrogens (tertiary/aromatic N) is 4. The Kier molecular flexibility index (Phi) is 6.50. The normalized spacial score (nSPS) is 14.7. The zero-order valence-corrected chi connectivity index (χ0v) is 20.6. The number of fused-ring (bicyclic) bond motifs is 1. The number of hydrogen-bond donors (Lipinski definition) is 0. The number of hydrogen-bond acceptors (Lipinski definition) is 7. The molecule has 0 amide bonds. The van der Waals surface area contributed by atoms with Crippen LogP contribution in [0.4, 0.5) is 0 Å². The minimum atomic E-state index is -0.130. The fraction of sp³-hybridized carbons (Fsp3) is 0.269. The monoisotopic (exact) mass is 490 g/mol. The molecule has 2 aromatic carbocycles.